The molecule has 34 heavy (non-hydrogen) atoms. The Labute approximate surface area is 200 Å². The highest BCUT2D eigenvalue weighted by Crippen LogP contribution is 2.28. The first-order valence-corrected chi connectivity index (χ1v) is 11.6. The fourth-order valence-electron chi connectivity index (χ4n) is 4.33. The van der Waals surface area contributed by atoms with Gasteiger partial charge in [0.1, 0.15) is 16.8 Å². The number of piperazine rings is 1. The standard InChI is InChI=1S/C26H31N7O/c1-26(2,3)33-15-13-32(14-16-33)20-9-7-19(8-10-20)28-25-23-22(17-27-31-23)29-24(30-25)18-5-11-21(34-4)12-6-18/h5-12,17H,13-16H2,1-4H3,(H,27,31)(H,28,29,30). The smallest absolute Gasteiger partial charge is 0.162 e. The third kappa shape index (κ3) is 4.54. The van der Waals surface area contributed by atoms with E-state index in [1.807, 2.05) is 24.3 Å². The summed E-state index contributed by atoms with van der Waals surface area (Å²) in [5.74, 6) is 2.12. The van der Waals surface area contributed by atoms with Gasteiger partial charge in [-0.2, -0.15) is 5.10 Å². The molecule has 1 fully saturated rings. The van der Waals surface area contributed by atoms with Crippen LogP contribution in [0.25, 0.3) is 22.4 Å². The van der Waals surface area contributed by atoms with Gasteiger partial charge in [-0.3, -0.25) is 10.00 Å². The van der Waals surface area contributed by atoms with Crippen LogP contribution in [0.2, 0.25) is 0 Å². The number of nitrogens with one attached hydrogen (secondary N) is 2. The molecule has 0 spiro atoms. The summed E-state index contributed by atoms with van der Waals surface area (Å²) in [4.78, 5) is 14.4. The topological polar surface area (TPSA) is 82.2 Å². The molecule has 0 unspecified atom stereocenters. The Morgan fingerprint density at radius 3 is 2.26 bits per heavy atom. The molecule has 176 valence electrons. The van der Waals surface area contributed by atoms with Crippen LogP contribution in [0, 0.1) is 0 Å². The molecule has 4 aromatic rings. The van der Waals surface area contributed by atoms with Crippen molar-refractivity contribution in [2.75, 3.05) is 43.5 Å². The van der Waals surface area contributed by atoms with Crippen LogP contribution in [0.3, 0.4) is 0 Å². The maximum absolute atomic E-state index is 5.27. The van der Waals surface area contributed by atoms with Gasteiger partial charge >= 0.3 is 0 Å². The summed E-state index contributed by atoms with van der Waals surface area (Å²) in [6.45, 7) is 11.1. The number of rotatable bonds is 5. The lowest BCUT2D eigenvalue weighted by Gasteiger charge is -2.43. The van der Waals surface area contributed by atoms with Gasteiger partial charge in [-0.15, -0.1) is 0 Å². The number of aromatic amines is 1. The molecule has 0 aliphatic carbocycles. The Morgan fingerprint density at radius 2 is 1.62 bits per heavy atom. The Morgan fingerprint density at radius 1 is 0.912 bits per heavy atom. The average molecular weight is 458 g/mol. The highest BCUT2D eigenvalue weighted by molar-refractivity contribution is 5.88. The molecular weight excluding hydrogens is 426 g/mol. The van der Waals surface area contributed by atoms with Crippen LogP contribution in [0.1, 0.15) is 20.8 Å². The van der Waals surface area contributed by atoms with Crippen LogP contribution in [0.5, 0.6) is 5.75 Å². The van der Waals surface area contributed by atoms with E-state index in [9.17, 15) is 0 Å². The number of fused-ring (bicyclic) bond motifs is 1. The van der Waals surface area contributed by atoms with Crippen molar-refractivity contribution in [1.82, 2.24) is 25.1 Å². The Balaban J connectivity index is 1.34. The number of hydrogen-bond acceptors (Lipinski definition) is 7. The summed E-state index contributed by atoms with van der Waals surface area (Å²) in [6, 6.07) is 16.3. The minimum absolute atomic E-state index is 0.222. The van der Waals surface area contributed by atoms with E-state index < -0.39 is 0 Å². The van der Waals surface area contributed by atoms with Gasteiger partial charge in [0.05, 0.1) is 13.3 Å². The van der Waals surface area contributed by atoms with Crippen molar-refractivity contribution in [2.45, 2.75) is 26.3 Å². The minimum atomic E-state index is 0.222. The fourth-order valence-corrected chi connectivity index (χ4v) is 4.33. The van der Waals surface area contributed by atoms with Gasteiger partial charge in [0.2, 0.25) is 0 Å². The first-order chi connectivity index (χ1) is 16.4. The molecule has 8 nitrogen and oxygen atoms in total. The second-order valence-electron chi connectivity index (χ2n) is 9.57. The summed E-state index contributed by atoms with van der Waals surface area (Å²) in [5, 5.41) is 10.6. The van der Waals surface area contributed by atoms with Gasteiger partial charge in [0.15, 0.2) is 11.6 Å². The molecule has 0 bridgehead atoms. The number of benzene rings is 2. The molecule has 1 saturated heterocycles. The number of ether oxygens (including phenoxy) is 1. The fraction of sp³-hybridized carbons (Fsp3) is 0.346. The van der Waals surface area contributed by atoms with E-state index in [2.05, 4.69) is 75.3 Å². The molecule has 3 heterocycles. The number of nitrogens with zero attached hydrogens (tertiary/aromatic N) is 5. The van der Waals surface area contributed by atoms with E-state index in [1.165, 1.54) is 5.69 Å². The zero-order valence-electron chi connectivity index (χ0n) is 20.2. The SMILES string of the molecule is COc1ccc(-c2nc(Nc3ccc(N4CCN(C(C)(C)C)CC4)cc3)c3[nH]ncc3n2)cc1. The van der Waals surface area contributed by atoms with Gasteiger partial charge < -0.3 is 15.0 Å². The van der Waals surface area contributed by atoms with Crippen LogP contribution in [-0.4, -0.2) is 63.9 Å². The lowest BCUT2D eigenvalue weighted by atomic mass is 10.0. The second-order valence-corrected chi connectivity index (χ2v) is 9.57. The number of hydrogen-bond donors (Lipinski definition) is 2. The maximum atomic E-state index is 5.27. The Kier molecular flexibility index (Phi) is 5.83. The molecule has 1 aliphatic rings. The largest absolute Gasteiger partial charge is 0.497 e. The van der Waals surface area contributed by atoms with Gasteiger partial charge in [-0.25, -0.2) is 9.97 Å². The molecule has 0 amide bonds. The van der Waals surface area contributed by atoms with Crippen molar-refractivity contribution in [2.24, 2.45) is 0 Å². The molecule has 2 N–H and O–H groups in total. The summed E-state index contributed by atoms with van der Waals surface area (Å²) >= 11 is 0. The molecule has 0 radical (unpaired) electrons. The van der Waals surface area contributed by atoms with Gasteiger partial charge in [0, 0.05) is 48.7 Å². The van der Waals surface area contributed by atoms with Crippen LogP contribution < -0.4 is 15.0 Å². The van der Waals surface area contributed by atoms with Crippen molar-refractivity contribution < 1.29 is 4.74 Å². The molecule has 0 saturated carbocycles. The summed E-state index contributed by atoms with van der Waals surface area (Å²) in [5.41, 5.74) is 4.88. The zero-order valence-corrected chi connectivity index (χ0v) is 20.2. The zero-order chi connectivity index (χ0) is 23.7. The maximum Gasteiger partial charge on any atom is 0.162 e. The summed E-state index contributed by atoms with van der Waals surface area (Å²) < 4.78 is 5.27. The predicted octanol–water partition coefficient (Wildman–Crippen LogP) is 4.69. The quantitative estimate of drug-likeness (QED) is 0.450. The van der Waals surface area contributed by atoms with E-state index in [0.717, 1.165) is 54.2 Å². The molecule has 2 aromatic carbocycles. The molecular formula is C26H31N7O. The molecule has 5 rings (SSSR count). The number of H-pyrrole nitrogens is 1. The van der Waals surface area contributed by atoms with Gasteiger partial charge in [0.25, 0.3) is 0 Å². The minimum Gasteiger partial charge on any atom is -0.497 e. The highest BCUT2D eigenvalue weighted by atomic mass is 16.5. The van der Waals surface area contributed by atoms with Crippen LogP contribution >= 0.6 is 0 Å². The highest BCUT2D eigenvalue weighted by Gasteiger charge is 2.25. The summed E-state index contributed by atoms with van der Waals surface area (Å²) in [7, 11) is 1.65. The van der Waals surface area contributed by atoms with E-state index in [4.69, 9.17) is 9.72 Å². The lowest BCUT2D eigenvalue weighted by Crippen LogP contribution is -2.53. The number of anilines is 3. The van der Waals surface area contributed by atoms with E-state index >= 15 is 0 Å². The van der Waals surface area contributed by atoms with Crippen LogP contribution in [0.15, 0.2) is 54.7 Å². The first-order valence-electron chi connectivity index (χ1n) is 11.6. The third-order valence-electron chi connectivity index (χ3n) is 6.37. The monoisotopic (exact) mass is 457 g/mol. The van der Waals surface area contributed by atoms with E-state index in [1.54, 1.807) is 13.3 Å². The van der Waals surface area contributed by atoms with Gasteiger partial charge in [-0.05, 0) is 69.3 Å². The van der Waals surface area contributed by atoms with Crippen molar-refractivity contribution in [1.29, 1.82) is 0 Å². The van der Waals surface area contributed by atoms with Crippen molar-refractivity contribution >= 4 is 28.2 Å². The third-order valence-corrected chi connectivity index (χ3v) is 6.37. The summed E-state index contributed by atoms with van der Waals surface area (Å²) in [6.07, 6.45) is 1.72. The van der Waals surface area contributed by atoms with Crippen molar-refractivity contribution in [3.8, 4) is 17.1 Å². The van der Waals surface area contributed by atoms with E-state index in [-0.39, 0.29) is 5.54 Å². The van der Waals surface area contributed by atoms with Crippen LogP contribution in [0.4, 0.5) is 17.2 Å². The van der Waals surface area contributed by atoms with Gasteiger partial charge in [-0.1, -0.05) is 0 Å². The number of methoxy groups -OCH3 is 1. The first kappa shape index (κ1) is 22.2. The van der Waals surface area contributed by atoms with E-state index in [0.29, 0.717) is 11.6 Å². The Hall–Kier alpha value is -3.65. The molecule has 2 aromatic heterocycles. The van der Waals surface area contributed by atoms with Crippen molar-refractivity contribution in [3.63, 3.8) is 0 Å². The Bertz CT molecular complexity index is 1250. The lowest BCUT2D eigenvalue weighted by molar-refractivity contribution is 0.128. The molecule has 1 aliphatic heterocycles. The second kappa shape index (κ2) is 8.95. The van der Waals surface area contributed by atoms with Crippen molar-refractivity contribution in [3.05, 3.63) is 54.7 Å². The molecule has 0 atom stereocenters. The normalized spacial score (nSPS) is 15.0. The average Bonchev–Trinajstić information content (AvgIpc) is 3.33. The number of aromatic nitrogens is 4. The molecule has 8 heteroatoms. The predicted molar refractivity (Wildman–Crippen MR) is 137 cm³/mol. The van der Waals surface area contributed by atoms with Crippen LogP contribution in [-0.2, 0) is 0 Å².